The topological polar surface area (TPSA) is 74.6 Å². The zero-order valence-corrected chi connectivity index (χ0v) is 16.8. The fourth-order valence-electron chi connectivity index (χ4n) is 3.19. The first-order valence-corrected chi connectivity index (χ1v) is 9.37. The van der Waals surface area contributed by atoms with E-state index in [2.05, 4.69) is 9.88 Å². The maximum Gasteiger partial charge on any atom is 0.301 e. The molecule has 1 fully saturated rings. The Labute approximate surface area is 167 Å². The molecule has 8 heteroatoms. The van der Waals surface area contributed by atoms with Crippen molar-refractivity contribution in [3.8, 4) is 10.4 Å². The number of hydrogen-bond donors (Lipinski definition) is 0. The Kier molecular flexibility index (Phi) is 6.69. The highest BCUT2D eigenvalue weighted by atomic mass is 35.5. The highest BCUT2D eigenvalue weighted by molar-refractivity contribution is 7.22. The molecule has 3 heterocycles. The lowest BCUT2D eigenvalue weighted by atomic mass is 10.1. The molecule has 0 radical (unpaired) electrons. The minimum absolute atomic E-state index is 0. The zero-order chi connectivity index (χ0) is 16.7. The minimum atomic E-state index is 0. The van der Waals surface area contributed by atoms with E-state index in [1.165, 1.54) is 19.3 Å². The molecule has 1 aromatic carbocycles. The third-order valence-corrected chi connectivity index (χ3v) is 5.90. The predicted molar refractivity (Wildman–Crippen MR) is 111 cm³/mol. The number of halogens is 2. The Morgan fingerprint density at radius 2 is 1.81 bits per heavy atom. The lowest BCUT2D eigenvalue weighted by Gasteiger charge is -2.25. The van der Waals surface area contributed by atoms with E-state index >= 15 is 0 Å². The van der Waals surface area contributed by atoms with Gasteiger partial charge in [0.05, 0.1) is 0 Å². The van der Waals surface area contributed by atoms with Crippen molar-refractivity contribution >= 4 is 51.4 Å². The Morgan fingerprint density at radius 3 is 2.46 bits per heavy atom. The largest absolute Gasteiger partial charge is 0.710 e. The standard InChI is InChI=1S/C18H18ClN3OS.ClH.H2O/c1-12-20-18(21-9-3-2-4-10-21)17-15(22(12)23)11-16(24-17)13-5-7-14(19)8-6-13;;/h5-8,11H,2-4,9-10H2,1H3;1H;1H2. The molecule has 0 saturated carbocycles. The average Bonchev–Trinajstić information content (AvgIpc) is 3.05. The van der Waals surface area contributed by atoms with E-state index in [4.69, 9.17) is 11.6 Å². The number of aromatic nitrogens is 2. The highest BCUT2D eigenvalue weighted by Crippen LogP contribution is 2.37. The monoisotopic (exact) mass is 413 g/mol. The van der Waals surface area contributed by atoms with Crippen LogP contribution in [0.25, 0.3) is 20.7 Å². The molecule has 3 aromatic rings. The van der Waals surface area contributed by atoms with Crippen LogP contribution in [0.4, 0.5) is 5.82 Å². The third-order valence-electron chi connectivity index (χ3n) is 4.48. The fraction of sp³-hybridized carbons (Fsp3) is 0.333. The van der Waals surface area contributed by atoms with Crippen molar-refractivity contribution in [2.45, 2.75) is 26.2 Å². The van der Waals surface area contributed by atoms with Gasteiger partial charge in [0.1, 0.15) is 4.70 Å². The molecule has 0 aliphatic carbocycles. The summed E-state index contributed by atoms with van der Waals surface area (Å²) in [4.78, 5) is 8.00. The number of aryl methyl sites for hydroxylation is 1. The summed E-state index contributed by atoms with van der Waals surface area (Å²) in [5, 5.41) is 13.2. The van der Waals surface area contributed by atoms with Crippen LogP contribution >= 0.6 is 35.3 Å². The number of piperidine rings is 1. The van der Waals surface area contributed by atoms with E-state index in [9.17, 15) is 5.21 Å². The molecule has 0 amide bonds. The molecule has 0 bridgehead atoms. The second kappa shape index (κ2) is 8.39. The molecule has 0 atom stereocenters. The molecule has 1 saturated heterocycles. The normalized spacial score (nSPS) is 14.0. The van der Waals surface area contributed by atoms with Gasteiger partial charge in [-0.25, -0.2) is 4.73 Å². The van der Waals surface area contributed by atoms with E-state index in [0.717, 1.165) is 38.8 Å². The van der Waals surface area contributed by atoms with E-state index in [1.54, 1.807) is 18.3 Å². The van der Waals surface area contributed by atoms with Gasteiger partial charge in [0, 0.05) is 36.0 Å². The molecule has 1 aliphatic rings. The van der Waals surface area contributed by atoms with Gasteiger partial charge >= 0.3 is 5.82 Å². The lowest BCUT2D eigenvalue weighted by molar-refractivity contribution is -0.587. The molecule has 0 spiro atoms. The van der Waals surface area contributed by atoms with Crippen molar-refractivity contribution in [3.63, 3.8) is 0 Å². The SMILES string of the molecule is Cc1nc(N2CCCCC2)c2sc(-c3ccc(Cl)cc3)cc2[n+]1[O-].Cl.O. The molecule has 1 aliphatic heterocycles. The van der Waals surface area contributed by atoms with E-state index in [1.807, 2.05) is 30.3 Å². The summed E-state index contributed by atoms with van der Waals surface area (Å²) in [5.41, 5.74) is 1.78. The van der Waals surface area contributed by atoms with Crippen molar-refractivity contribution < 1.29 is 10.2 Å². The number of nitrogens with zero attached hydrogens (tertiary/aromatic N) is 3. The molecule has 5 nitrogen and oxygen atoms in total. The molecule has 26 heavy (non-hydrogen) atoms. The van der Waals surface area contributed by atoms with Crippen LogP contribution in [0.2, 0.25) is 5.02 Å². The molecular weight excluding hydrogens is 393 g/mol. The Hall–Kier alpha value is -1.60. The number of hydrogen-bond acceptors (Lipinski definition) is 4. The van der Waals surface area contributed by atoms with Crippen LogP contribution in [0.1, 0.15) is 25.1 Å². The summed E-state index contributed by atoms with van der Waals surface area (Å²) in [5.74, 6) is 1.46. The Balaban J connectivity index is 0.00000121. The second-order valence-corrected chi connectivity index (χ2v) is 7.65. The van der Waals surface area contributed by atoms with Crippen molar-refractivity contribution in [1.29, 1.82) is 0 Å². The van der Waals surface area contributed by atoms with Gasteiger partial charge in [-0.2, -0.15) is 0 Å². The number of rotatable bonds is 2. The van der Waals surface area contributed by atoms with Crippen LogP contribution in [-0.4, -0.2) is 23.5 Å². The van der Waals surface area contributed by atoms with Gasteiger partial charge in [-0.05, 0) is 41.9 Å². The number of benzene rings is 1. The van der Waals surface area contributed by atoms with Gasteiger partial charge < -0.3 is 15.6 Å². The van der Waals surface area contributed by atoms with Gasteiger partial charge in [0.25, 0.3) is 5.82 Å². The predicted octanol–water partition coefficient (Wildman–Crippen LogP) is 4.15. The van der Waals surface area contributed by atoms with Crippen LogP contribution in [0, 0.1) is 12.1 Å². The molecule has 140 valence electrons. The number of anilines is 1. The average molecular weight is 414 g/mol. The smallest absolute Gasteiger partial charge is 0.301 e. The Bertz CT molecular complexity index is 894. The minimum Gasteiger partial charge on any atom is -0.710 e. The zero-order valence-electron chi connectivity index (χ0n) is 14.4. The highest BCUT2D eigenvalue weighted by Gasteiger charge is 2.25. The second-order valence-electron chi connectivity index (χ2n) is 6.16. The van der Waals surface area contributed by atoms with Crippen LogP contribution in [-0.2, 0) is 0 Å². The van der Waals surface area contributed by atoms with Crippen LogP contribution in [0.3, 0.4) is 0 Å². The van der Waals surface area contributed by atoms with E-state index in [-0.39, 0.29) is 17.9 Å². The summed E-state index contributed by atoms with van der Waals surface area (Å²) < 4.78 is 1.92. The number of fused-ring (bicyclic) bond motifs is 1. The van der Waals surface area contributed by atoms with Crippen LogP contribution in [0.15, 0.2) is 30.3 Å². The summed E-state index contributed by atoms with van der Waals surface area (Å²) >= 11 is 7.61. The van der Waals surface area contributed by atoms with Crippen LogP contribution in [0.5, 0.6) is 0 Å². The first kappa shape index (κ1) is 20.7. The molecular formula is C18H21Cl2N3O2S. The third kappa shape index (κ3) is 3.74. The first-order chi connectivity index (χ1) is 11.6. The maximum atomic E-state index is 12.5. The Morgan fingerprint density at radius 1 is 1.15 bits per heavy atom. The lowest BCUT2D eigenvalue weighted by Crippen LogP contribution is -2.36. The van der Waals surface area contributed by atoms with Gasteiger partial charge in [-0.3, -0.25) is 0 Å². The number of thiophene rings is 1. The quantitative estimate of drug-likeness (QED) is 0.467. The van der Waals surface area contributed by atoms with Gasteiger partial charge in [-0.1, -0.05) is 23.7 Å². The van der Waals surface area contributed by atoms with Crippen molar-refractivity contribution in [1.82, 2.24) is 4.98 Å². The maximum absolute atomic E-state index is 12.5. The van der Waals surface area contributed by atoms with Crippen LogP contribution < -0.4 is 9.63 Å². The van der Waals surface area contributed by atoms with Gasteiger partial charge in [-0.15, -0.1) is 23.7 Å². The van der Waals surface area contributed by atoms with Gasteiger partial charge in [0.15, 0.2) is 5.52 Å². The fourth-order valence-corrected chi connectivity index (χ4v) is 4.48. The molecule has 2 N–H and O–H groups in total. The van der Waals surface area contributed by atoms with Crippen molar-refractivity contribution in [2.24, 2.45) is 0 Å². The summed E-state index contributed by atoms with van der Waals surface area (Å²) in [6.45, 7) is 3.80. The summed E-state index contributed by atoms with van der Waals surface area (Å²) in [6.07, 6.45) is 3.64. The van der Waals surface area contributed by atoms with E-state index < -0.39 is 0 Å². The summed E-state index contributed by atoms with van der Waals surface area (Å²) in [6, 6.07) is 9.70. The summed E-state index contributed by atoms with van der Waals surface area (Å²) in [7, 11) is 0. The molecule has 2 aromatic heterocycles. The van der Waals surface area contributed by atoms with Crippen molar-refractivity contribution in [3.05, 3.63) is 46.4 Å². The molecule has 0 unspecified atom stereocenters. The van der Waals surface area contributed by atoms with Crippen molar-refractivity contribution in [2.75, 3.05) is 18.0 Å². The first-order valence-electron chi connectivity index (χ1n) is 8.18. The van der Waals surface area contributed by atoms with Gasteiger partial charge in [0.2, 0.25) is 0 Å². The molecule has 4 rings (SSSR count). The van der Waals surface area contributed by atoms with E-state index in [0.29, 0.717) is 16.4 Å².